The third-order valence-corrected chi connectivity index (χ3v) is 1.79. The summed E-state index contributed by atoms with van der Waals surface area (Å²) < 4.78 is 0. The summed E-state index contributed by atoms with van der Waals surface area (Å²) in [6.45, 7) is 4.07. The van der Waals surface area contributed by atoms with Gasteiger partial charge < -0.3 is 10.6 Å². The van der Waals surface area contributed by atoms with E-state index in [0.29, 0.717) is 25.3 Å². The number of nitrogens with two attached hydrogens (primary N) is 1. The zero-order valence-electron chi connectivity index (χ0n) is 7.62. The lowest BCUT2D eigenvalue weighted by molar-refractivity contribution is -0.130. The van der Waals surface area contributed by atoms with Crippen LogP contribution >= 0.6 is 12.6 Å². The van der Waals surface area contributed by atoms with Crippen molar-refractivity contribution >= 4 is 18.5 Å². The molecule has 0 aliphatic rings. The molecule has 0 spiro atoms. The van der Waals surface area contributed by atoms with Crippen LogP contribution in [0.15, 0.2) is 0 Å². The maximum Gasteiger partial charge on any atom is 0.223 e. The Morgan fingerprint density at radius 1 is 1.50 bits per heavy atom. The number of hydrogen-bond donors (Lipinski definition) is 2. The summed E-state index contributed by atoms with van der Waals surface area (Å²) in [5.74, 6) is 0.779. The van der Waals surface area contributed by atoms with E-state index < -0.39 is 0 Å². The van der Waals surface area contributed by atoms with Gasteiger partial charge in [-0.2, -0.15) is 12.6 Å². The fourth-order valence-corrected chi connectivity index (χ4v) is 1.23. The number of hydrogen-bond acceptors (Lipinski definition) is 3. The molecule has 0 saturated heterocycles. The fraction of sp³-hybridized carbons (Fsp3) is 0.875. The lowest BCUT2D eigenvalue weighted by Crippen LogP contribution is -2.36. The van der Waals surface area contributed by atoms with Gasteiger partial charge in [0.05, 0.1) is 0 Å². The number of carbonyl (C=O) groups is 1. The minimum Gasteiger partial charge on any atom is -0.341 e. The van der Waals surface area contributed by atoms with E-state index in [2.05, 4.69) is 19.6 Å². The van der Waals surface area contributed by atoms with Crippen molar-refractivity contribution < 1.29 is 4.79 Å². The van der Waals surface area contributed by atoms with Crippen LogP contribution in [-0.4, -0.2) is 36.2 Å². The first-order valence-corrected chi connectivity index (χ1v) is 4.98. The Hall–Kier alpha value is -0.220. The molecule has 0 aromatic heterocycles. The van der Waals surface area contributed by atoms with Crippen LogP contribution in [0.25, 0.3) is 0 Å². The summed E-state index contributed by atoms with van der Waals surface area (Å²) in [6, 6.07) is 0. The Bertz CT molecular complexity index is 124. The molecule has 0 aromatic carbocycles. The summed E-state index contributed by atoms with van der Waals surface area (Å²) in [7, 11) is 0. The topological polar surface area (TPSA) is 46.3 Å². The largest absolute Gasteiger partial charge is 0.341 e. The van der Waals surface area contributed by atoms with Gasteiger partial charge in [0.2, 0.25) is 5.91 Å². The average Bonchev–Trinajstić information content (AvgIpc) is 2.04. The molecule has 0 aliphatic heterocycles. The molecule has 0 aromatic rings. The molecule has 0 atom stereocenters. The first-order chi connectivity index (χ1) is 5.76. The minimum atomic E-state index is 0.164. The van der Waals surface area contributed by atoms with Crippen LogP contribution in [0.1, 0.15) is 19.8 Å². The molecule has 0 radical (unpaired) electrons. The van der Waals surface area contributed by atoms with Gasteiger partial charge in [0.15, 0.2) is 0 Å². The molecule has 0 fully saturated rings. The van der Waals surface area contributed by atoms with E-state index in [1.807, 2.05) is 0 Å². The molecule has 12 heavy (non-hydrogen) atoms. The Morgan fingerprint density at radius 2 is 2.17 bits per heavy atom. The Kier molecular flexibility index (Phi) is 7.29. The van der Waals surface area contributed by atoms with Gasteiger partial charge in [-0.1, -0.05) is 6.92 Å². The summed E-state index contributed by atoms with van der Waals surface area (Å²) in [4.78, 5) is 13.1. The Morgan fingerprint density at radius 3 is 2.58 bits per heavy atom. The van der Waals surface area contributed by atoms with Crippen LogP contribution in [0.5, 0.6) is 0 Å². The summed E-state index contributed by atoms with van der Waals surface area (Å²) in [5, 5.41) is 0. The molecular formula is C8H18N2OS. The molecule has 2 N–H and O–H groups in total. The highest BCUT2D eigenvalue weighted by atomic mass is 32.1. The van der Waals surface area contributed by atoms with E-state index >= 15 is 0 Å². The summed E-state index contributed by atoms with van der Waals surface area (Å²) >= 11 is 4.01. The van der Waals surface area contributed by atoms with E-state index in [1.165, 1.54) is 0 Å². The maximum absolute atomic E-state index is 11.3. The van der Waals surface area contributed by atoms with Crippen LogP contribution in [0.2, 0.25) is 0 Å². The number of thiol groups is 1. The van der Waals surface area contributed by atoms with E-state index in [9.17, 15) is 4.79 Å². The van der Waals surface area contributed by atoms with Crippen molar-refractivity contribution in [2.24, 2.45) is 5.73 Å². The fourth-order valence-electron chi connectivity index (χ4n) is 1.04. The zero-order valence-corrected chi connectivity index (χ0v) is 8.52. The molecule has 4 heteroatoms. The number of nitrogens with zero attached hydrogens (tertiary/aromatic N) is 1. The Balaban J connectivity index is 3.81. The maximum atomic E-state index is 11.3. The molecule has 0 heterocycles. The number of rotatable bonds is 6. The molecule has 3 nitrogen and oxygen atoms in total. The Labute approximate surface area is 79.7 Å². The molecule has 0 rings (SSSR count). The van der Waals surface area contributed by atoms with Crippen LogP contribution < -0.4 is 5.73 Å². The van der Waals surface area contributed by atoms with E-state index in [1.54, 1.807) is 4.90 Å². The van der Waals surface area contributed by atoms with Gasteiger partial charge in [0.1, 0.15) is 0 Å². The van der Waals surface area contributed by atoms with Gasteiger partial charge in [-0.15, -0.1) is 0 Å². The number of carbonyl (C=O) groups excluding carboxylic acids is 1. The summed E-state index contributed by atoms with van der Waals surface area (Å²) in [6.07, 6.45) is 1.50. The van der Waals surface area contributed by atoms with Gasteiger partial charge in [-0.25, -0.2) is 0 Å². The van der Waals surface area contributed by atoms with Crippen molar-refractivity contribution in [2.75, 3.05) is 25.4 Å². The van der Waals surface area contributed by atoms with Crippen molar-refractivity contribution in [1.82, 2.24) is 4.90 Å². The molecule has 1 amide bonds. The molecule has 0 unspecified atom stereocenters. The van der Waals surface area contributed by atoms with Crippen molar-refractivity contribution in [3.8, 4) is 0 Å². The third-order valence-electron chi connectivity index (χ3n) is 1.57. The molecule has 72 valence electrons. The highest BCUT2D eigenvalue weighted by molar-refractivity contribution is 7.80. The second-order valence-corrected chi connectivity index (χ2v) is 3.09. The second-order valence-electron chi connectivity index (χ2n) is 2.64. The van der Waals surface area contributed by atoms with E-state index in [4.69, 9.17) is 5.73 Å². The highest BCUT2D eigenvalue weighted by Gasteiger charge is 2.09. The number of amides is 1. The smallest absolute Gasteiger partial charge is 0.223 e. The van der Waals surface area contributed by atoms with Gasteiger partial charge >= 0.3 is 0 Å². The SMILES string of the molecule is CCCN(CCN)C(=O)CCS. The molecule has 0 aliphatic carbocycles. The summed E-state index contributed by atoms with van der Waals surface area (Å²) in [5.41, 5.74) is 5.38. The molecular weight excluding hydrogens is 172 g/mol. The monoisotopic (exact) mass is 190 g/mol. The van der Waals surface area contributed by atoms with Gasteiger partial charge in [-0.3, -0.25) is 4.79 Å². The molecule has 0 saturated carbocycles. The van der Waals surface area contributed by atoms with Crippen LogP contribution in [-0.2, 0) is 4.79 Å². The second kappa shape index (κ2) is 7.43. The van der Waals surface area contributed by atoms with Crippen molar-refractivity contribution in [2.45, 2.75) is 19.8 Å². The average molecular weight is 190 g/mol. The van der Waals surface area contributed by atoms with E-state index in [0.717, 1.165) is 13.0 Å². The molecule has 0 bridgehead atoms. The first kappa shape index (κ1) is 11.8. The third kappa shape index (κ3) is 4.62. The highest BCUT2D eigenvalue weighted by Crippen LogP contribution is 1.96. The predicted molar refractivity (Wildman–Crippen MR) is 54.4 cm³/mol. The quantitative estimate of drug-likeness (QED) is 0.599. The van der Waals surface area contributed by atoms with Crippen LogP contribution in [0.3, 0.4) is 0 Å². The minimum absolute atomic E-state index is 0.164. The first-order valence-electron chi connectivity index (χ1n) is 4.35. The normalized spacial score (nSPS) is 9.92. The standard InChI is InChI=1S/C8H18N2OS/c1-2-5-10(6-4-9)8(11)3-7-12/h12H,2-7,9H2,1H3. The van der Waals surface area contributed by atoms with E-state index in [-0.39, 0.29) is 5.91 Å². The zero-order chi connectivity index (χ0) is 9.40. The van der Waals surface area contributed by atoms with Crippen molar-refractivity contribution in [3.63, 3.8) is 0 Å². The van der Waals surface area contributed by atoms with Gasteiger partial charge in [0, 0.05) is 26.1 Å². The van der Waals surface area contributed by atoms with Crippen molar-refractivity contribution in [3.05, 3.63) is 0 Å². The van der Waals surface area contributed by atoms with Crippen LogP contribution in [0.4, 0.5) is 0 Å². The lowest BCUT2D eigenvalue weighted by atomic mass is 10.3. The van der Waals surface area contributed by atoms with Gasteiger partial charge in [0.25, 0.3) is 0 Å². The van der Waals surface area contributed by atoms with Crippen molar-refractivity contribution in [1.29, 1.82) is 0 Å². The van der Waals surface area contributed by atoms with Crippen LogP contribution in [0, 0.1) is 0 Å². The van der Waals surface area contributed by atoms with Gasteiger partial charge in [-0.05, 0) is 12.2 Å². The lowest BCUT2D eigenvalue weighted by Gasteiger charge is -2.20. The predicted octanol–water partition coefficient (Wildman–Crippen LogP) is 0.504.